The van der Waals surface area contributed by atoms with Crippen molar-refractivity contribution in [3.8, 4) is 0 Å². The van der Waals surface area contributed by atoms with Gasteiger partial charge in [-0.1, -0.05) is 27.7 Å². The lowest BCUT2D eigenvalue weighted by Gasteiger charge is -2.30. The summed E-state index contributed by atoms with van der Waals surface area (Å²) >= 11 is 0. The minimum atomic E-state index is -1.74. The van der Waals surface area contributed by atoms with Gasteiger partial charge in [-0.25, -0.2) is 0 Å². The first-order valence-electron chi connectivity index (χ1n) is 13.4. The van der Waals surface area contributed by atoms with Crippen LogP contribution >= 0.6 is 0 Å². The van der Waals surface area contributed by atoms with Crippen molar-refractivity contribution in [1.29, 1.82) is 0 Å². The Bertz CT molecular complexity index is 536. The lowest BCUT2D eigenvalue weighted by atomic mass is 10.0. The Morgan fingerprint density at radius 1 is 0.500 bits per heavy atom. The second-order valence-electron chi connectivity index (χ2n) is 10.3. The molecule has 1 aliphatic rings. The zero-order valence-electron chi connectivity index (χ0n) is 24.2. The summed E-state index contributed by atoms with van der Waals surface area (Å²) in [5.74, 6) is -2.91. The molecule has 0 saturated carbocycles. The highest BCUT2D eigenvalue weighted by Crippen LogP contribution is 2.26. The van der Waals surface area contributed by atoms with Gasteiger partial charge in [0.05, 0.1) is 26.4 Å². The van der Waals surface area contributed by atoms with E-state index < -0.39 is 37.5 Å². The van der Waals surface area contributed by atoms with E-state index in [1.54, 1.807) is 0 Å². The fourth-order valence-corrected chi connectivity index (χ4v) is 3.47. The predicted molar refractivity (Wildman–Crippen MR) is 131 cm³/mol. The van der Waals surface area contributed by atoms with Crippen LogP contribution in [-0.4, -0.2) is 84.3 Å². The quantitative estimate of drug-likeness (QED) is 0.346. The molecular formula is C24H48O16. The summed E-state index contributed by atoms with van der Waals surface area (Å²) in [6, 6.07) is 0. The van der Waals surface area contributed by atoms with Gasteiger partial charge < -0.3 is 39.4 Å². The third kappa shape index (κ3) is 18.7. The van der Waals surface area contributed by atoms with Crippen LogP contribution in [0.4, 0.5) is 0 Å². The van der Waals surface area contributed by atoms with Crippen molar-refractivity contribution in [2.75, 3.05) is 26.4 Å². The molecule has 1 rings (SSSR count). The minimum absolute atomic E-state index is 0.0621. The van der Waals surface area contributed by atoms with Crippen molar-refractivity contribution in [2.45, 2.75) is 118 Å². The molecule has 0 bridgehead atoms. The Morgan fingerprint density at radius 2 is 0.725 bits per heavy atom. The number of ether oxygens (including phenoxy) is 4. The van der Waals surface area contributed by atoms with Crippen molar-refractivity contribution < 1.29 is 78.5 Å². The van der Waals surface area contributed by atoms with E-state index in [0.29, 0.717) is 25.7 Å². The summed E-state index contributed by atoms with van der Waals surface area (Å²) in [6.45, 7) is 3.84. The molecule has 1 saturated heterocycles. The van der Waals surface area contributed by atoms with E-state index in [-0.39, 0.29) is 51.1 Å². The number of aliphatic hydroxyl groups is 4. The van der Waals surface area contributed by atoms with E-state index >= 15 is 0 Å². The van der Waals surface area contributed by atoms with Crippen molar-refractivity contribution >= 4 is 0 Å². The first-order chi connectivity index (χ1) is 18.8. The predicted octanol–water partition coefficient (Wildman–Crippen LogP) is 2.05. The van der Waals surface area contributed by atoms with Crippen molar-refractivity contribution in [1.82, 2.24) is 0 Å². The van der Waals surface area contributed by atoms with Gasteiger partial charge in [0.25, 0.3) is 25.9 Å². The highest BCUT2D eigenvalue weighted by molar-refractivity contribution is 4.63. The number of hydrogen-bond acceptors (Lipinski definition) is 16. The molecule has 0 aromatic rings. The fraction of sp³-hybridized carbons (Fsp3) is 1.00. The molecule has 0 aliphatic carbocycles. The molecule has 1 aliphatic heterocycles. The lowest BCUT2D eigenvalue weighted by Crippen LogP contribution is -2.38. The number of hydrogen-bond donors (Lipinski definition) is 4. The van der Waals surface area contributed by atoms with Crippen molar-refractivity contribution in [3.63, 3.8) is 0 Å². The van der Waals surface area contributed by atoms with Crippen LogP contribution in [0.1, 0.15) is 80.1 Å². The van der Waals surface area contributed by atoms with Crippen LogP contribution in [0, 0.1) is 11.8 Å². The van der Waals surface area contributed by atoms with Crippen molar-refractivity contribution in [3.05, 3.63) is 0 Å². The summed E-state index contributed by atoms with van der Waals surface area (Å²) < 4.78 is 20.5. The van der Waals surface area contributed by atoms with Crippen LogP contribution in [0.5, 0.6) is 0 Å². The fourth-order valence-electron chi connectivity index (χ4n) is 3.47. The Morgan fingerprint density at radius 3 is 0.925 bits per heavy atom. The standard InChI is InChI=1S/C24H48O16/c1-17(2)15-23(5)37-33-19(25)29-11-7-9-13-31-21(27)35-39-24(6,16-18(3)4)40-36-22(28)32-14-10-8-12-30-20(26)34-38-23/h17-22,25-28H,7-16H2,1-6H3. The van der Waals surface area contributed by atoms with Crippen LogP contribution in [0.2, 0.25) is 0 Å². The van der Waals surface area contributed by atoms with Crippen LogP contribution in [0.3, 0.4) is 0 Å². The van der Waals surface area contributed by atoms with E-state index in [1.807, 2.05) is 27.7 Å². The van der Waals surface area contributed by atoms with Gasteiger partial charge in [0.2, 0.25) is 11.6 Å². The molecule has 0 aromatic carbocycles. The summed E-state index contributed by atoms with van der Waals surface area (Å²) in [6.07, 6.45) is 2.20. The highest BCUT2D eigenvalue weighted by Gasteiger charge is 2.34. The molecule has 4 unspecified atom stereocenters. The van der Waals surface area contributed by atoms with Gasteiger partial charge in [-0.15, -0.1) is 0 Å². The molecule has 4 N–H and O–H groups in total. The summed E-state index contributed by atoms with van der Waals surface area (Å²) in [5, 5.41) is 39.7. The van der Waals surface area contributed by atoms with Gasteiger partial charge in [-0.05, 0) is 51.4 Å². The molecule has 40 heavy (non-hydrogen) atoms. The monoisotopic (exact) mass is 592 g/mol. The lowest BCUT2D eigenvalue weighted by molar-refractivity contribution is -0.576. The van der Waals surface area contributed by atoms with E-state index in [9.17, 15) is 20.4 Å². The zero-order chi connectivity index (χ0) is 30.0. The summed E-state index contributed by atoms with van der Waals surface area (Å²) in [4.78, 5) is 40.2. The van der Waals surface area contributed by atoms with Crippen LogP contribution in [-0.2, 0) is 58.0 Å². The topological polar surface area (TPSA) is 192 Å². The van der Waals surface area contributed by atoms with Gasteiger partial charge in [0, 0.05) is 12.8 Å². The Balaban J connectivity index is 2.70. The molecule has 240 valence electrons. The molecule has 0 radical (unpaired) electrons. The van der Waals surface area contributed by atoms with Gasteiger partial charge in [0.1, 0.15) is 0 Å². The van der Waals surface area contributed by atoms with Gasteiger partial charge >= 0.3 is 0 Å². The second kappa shape index (κ2) is 20.3. The summed E-state index contributed by atoms with van der Waals surface area (Å²) in [7, 11) is 0. The molecule has 16 nitrogen and oxygen atoms in total. The third-order valence-electron chi connectivity index (χ3n) is 4.90. The second-order valence-corrected chi connectivity index (χ2v) is 10.3. The number of aliphatic hydroxyl groups excluding tert-OH is 4. The minimum Gasteiger partial charge on any atom is -0.344 e. The molecule has 0 amide bonds. The van der Waals surface area contributed by atoms with Gasteiger partial charge in [-0.3, -0.25) is 0 Å². The van der Waals surface area contributed by atoms with E-state index in [4.69, 9.17) is 58.0 Å². The van der Waals surface area contributed by atoms with Crippen LogP contribution in [0.15, 0.2) is 0 Å². The maximum atomic E-state index is 9.91. The van der Waals surface area contributed by atoms with E-state index in [0.717, 1.165) is 0 Å². The van der Waals surface area contributed by atoms with E-state index in [2.05, 4.69) is 0 Å². The average molecular weight is 593 g/mol. The first-order valence-corrected chi connectivity index (χ1v) is 13.4. The maximum absolute atomic E-state index is 9.91. The Hall–Kier alpha value is -0.640. The van der Waals surface area contributed by atoms with Crippen molar-refractivity contribution in [2.24, 2.45) is 11.8 Å². The molecule has 0 spiro atoms. The molecule has 1 heterocycles. The maximum Gasteiger partial charge on any atom is 0.298 e. The molecule has 4 atom stereocenters. The largest absolute Gasteiger partial charge is 0.344 e. The van der Waals surface area contributed by atoms with Gasteiger partial charge in [0.15, 0.2) is 0 Å². The van der Waals surface area contributed by atoms with E-state index in [1.165, 1.54) is 13.8 Å². The first kappa shape index (κ1) is 37.4. The Labute approximate surface area is 234 Å². The highest BCUT2D eigenvalue weighted by atomic mass is 17.4. The Kier molecular flexibility index (Phi) is 19.0. The van der Waals surface area contributed by atoms with Crippen LogP contribution in [0.25, 0.3) is 0 Å². The van der Waals surface area contributed by atoms with Gasteiger partial charge in [-0.2, -0.15) is 39.1 Å². The molecule has 0 aromatic heterocycles. The smallest absolute Gasteiger partial charge is 0.298 e. The molecular weight excluding hydrogens is 544 g/mol. The number of rotatable bonds is 4. The average Bonchev–Trinajstić information content (AvgIpc) is 2.87. The third-order valence-corrected chi connectivity index (χ3v) is 4.90. The molecule has 16 heteroatoms. The summed E-state index contributed by atoms with van der Waals surface area (Å²) in [5.41, 5.74) is 0. The SMILES string of the molecule is CC(C)CC1(C)OOC(O)OCCCCOC(O)OOC(C)(CC(C)C)OOC(O)OCCCCOC(O)OO1. The zero-order valence-corrected chi connectivity index (χ0v) is 24.2. The molecule has 1 fully saturated rings. The normalized spacial score (nSPS) is 35.1. The van der Waals surface area contributed by atoms with Crippen LogP contribution < -0.4 is 0 Å².